The van der Waals surface area contributed by atoms with Crippen molar-refractivity contribution in [3.05, 3.63) is 29.8 Å². The summed E-state index contributed by atoms with van der Waals surface area (Å²) in [4.78, 5) is 0. The molecule has 2 nitrogen and oxygen atoms in total. The van der Waals surface area contributed by atoms with Crippen LogP contribution in [0.4, 0.5) is 5.69 Å². The fraction of sp³-hybridized carbons (Fsp3) is 0.538. The van der Waals surface area contributed by atoms with E-state index in [4.69, 9.17) is 4.74 Å². The number of hydrogen-bond donors (Lipinski definition) is 1. The monoisotopic (exact) mass is 207 g/mol. The highest BCUT2D eigenvalue weighted by Gasteiger charge is 2.32. The quantitative estimate of drug-likeness (QED) is 0.804. The molecule has 1 fully saturated rings. The molecule has 0 aliphatic carbocycles. The molecule has 0 unspecified atom stereocenters. The first-order valence-electron chi connectivity index (χ1n) is 5.61. The molecule has 1 saturated heterocycles. The number of aryl methyl sites for hydroxylation is 1. The van der Waals surface area contributed by atoms with Gasteiger partial charge in [0.25, 0.3) is 0 Å². The summed E-state index contributed by atoms with van der Waals surface area (Å²) in [6.45, 7) is 9.89. The smallest absolute Gasteiger partial charge is 0.0811 e. The lowest BCUT2D eigenvalue weighted by Gasteiger charge is -2.39. The lowest BCUT2D eigenvalue weighted by molar-refractivity contribution is -0.0318. The van der Waals surface area contributed by atoms with Gasteiger partial charge in [-0.15, -0.1) is 0 Å². The standard InChI is InChI=1S/C11H15NO.C2H6/c1-9-4-3-5-10(6-9)12-11(2)7-13-8-11;1-2/h3-6,12H,7-8H2,1-2H3;1-2H3. The molecule has 2 rings (SSSR count). The highest BCUT2D eigenvalue weighted by atomic mass is 16.5. The van der Waals surface area contributed by atoms with Crippen LogP contribution < -0.4 is 5.32 Å². The molecule has 0 saturated carbocycles. The molecule has 1 aromatic carbocycles. The Balaban J connectivity index is 0.000000531. The lowest BCUT2D eigenvalue weighted by Crippen LogP contribution is -2.53. The second-order valence-electron chi connectivity index (χ2n) is 4.05. The fourth-order valence-corrected chi connectivity index (χ4v) is 1.55. The Morgan fingerprint density at radius 2 is 1.93 bits per heavy atom. The molecule has 2 heteroatoms. The summed E-state index contributed by atoms with van der Waals surface area (Å²) >= 11 is 0. The van der Waals surface area contributed by atoms with Gasteiger partial charge in [0, 0.05) is 5.69 Å². The van der Waals surface area contributed by atoms with Gasteiger partial charge < -0.3 is 10.1 Å². The summed E-state index contributed by atoms with van der Waals surface area (Å²) in [6.07, 6.45) is 0. The fourth-order valence-electron chi connectivity index (χ4n) is 1.55. The topological polar surface area (TPSA) is 21.3 Å². The van der Waals surface area contributed by atoms with Crippen LogP contribution in [0, 0.1) is 6.92 Å². The van der Waals surface area contributed by atoms with Crippen LogP contribution in [-0.2, 0) is 4.74 Å². The van der Waals surface area contributed by atoms with Crippen molar-refractivity contribution in [2.75, 3.05) is 18.5 Å². The number of nitrogens with one attached hydrogen (secondary N) is 1. The van der Waals surface area contributed by atoms with Crippen molar-refractivity contribution in [3.63, 3.8) is 0 Å². The Hall–Kier alpha value is -1.02. The van der Waals surface area contributed by atoms with Gasteiger partial charge in [0.2, 0.25) is 0 Å². The average molecular weight is 207 g/mol. The van der Waals surface area contributed by atoms with E-state index in [9.17, 15) is 0 Å². The van der Waals surface area contributed by atoms with Crippen molar-refractivity contribution in [3.8, 4) is 0 Å². The summed E-state index contributed by atoms with van der Waals surface area (Å²) in [7, 11) is 0. The van der Waals surface area contributed by atoms with Crippen LogP contribution >= 0.6 is 0 Å². The van der Waals surface area contributed by atoms with Crippen molar-refractivity contribution in [1.29, 1.82) is 0 Å². The molecule has 1 N–H and O–H groups in total. The van der Waals surface area contributed by atoms with E-state index in [1.807, 2.05) is 13.8 Å². The maximum absolute atomic E-state index is 5.18. The summed E-state index contributed by atoms with van der Waals surface area (Å²) < 4.78 is 5.18. The molecular formula is C13H21NO. The molecular weight excluding hydrogens is 186 g/mol. The minimum Gasteiger partial charge on any atom is -0.376 e. The highest BCUT2D eigenvalue weighted by molar-refractivity contribution is 5.48. The van der Waals surface area contributed by atoms with Crippen LogP contribution in [0.2, 0.25) is 0 Å². The molecule has 0 aromatic heterocycles. The van der Waals surface area contributed by atoms with E-state index in [2.05, 4.69) is 43.4 Å². The third-order valence-electron chi connectivity index (χ3n) is 2.31. The molecule has 0 atom stereocenters. The molecule has 1 aromatic rings. The third-order valence-corrected chi connectivity index (χ3v) is 2.31. The SMILES string of the molecule is CC.Cc1cccc(NC2(C)COC2)c1. The van der Waals surface area contributed by atoms with Gasteiger partial charge in [-0.3, -0.25) is 0 Å². The van der Waals surface area contributed by atoms with Gasteiger partial charge in [-0.05, 0) is 31.5 Å². The number of rotatable bonds is 2. The zero-order valence-electron chi connectivity index (χ0n) is 10.1. The van der Waals surface area contributed by atoms with Gasteiger partial charge in [0.05, 0.1) is 18.8 Å². The first-order chi connectivity index (χ1) is 7.18. The molecule has 1 heterocycles. The third kappa shape index (κ3) is 3.24. The largest absolute Gasteiger partial charge is 0.376 e. The zero-order chi connectivity index (χ0) is 11.3. The van der Waals surface area contributed by atoms with Crippen molar-refractivity contribution in [2.24, 2.45) is 0 Å². The number of hydrogen-bond acceptors (Lipinski definition) is 2. The number of benzene rings is 1. The summed E-state index contributed by atoms with van der Waals surface area (Å²) in [6, 6.07) is 8.42. The minimum absolute atomic E-state index is 0.147. The predicted octanol–water partition coefficient (Wildman–Crippen LogP) is 3.22. The van der Waals surface area contributed by atoms with E-state index in [0.717, 1.165) is 13.2 Å². The average Bonchev–Trinajstić information content (AvgIpc) is 2.19. The predicted molar refractivity (Wildman–Crippen MR) is 65.4 cm³/mol. The number of ether oxygens (including phenoxy) is 1. The molecule has 1 aliphatic rings. The minimum atomic E-state index is 0.147. The summed E-state index contributed by atoms with van der Waals surface area (Å²) in [5, 5.41) is 3.47. The molecule has 1 aliphatic heterocycles. The van der Waals surface area contributed by atoms with Crippen LogP contribution in [0.25, 0.3) is 0 Å². The Morgan fingerprint density at radius 3 is 2.40 bits per heavy atom. The van der Waals surface area contributed by atoms with Gasteiger partial charge in [-0.25, -0.2) is 0 Å². The normalized spacial score (nSPS) is 17.1. The van der Waals surface area contributed by atoms with E-state index in [0.29, 0.717) is 0 Å². The number of anilines is 1. The molecule has 0 amide bonds. The van der Waals surface area contributed by atoms with E-state index < -0.39 is 0 Å². The van der Waals surface area contributed by atoms with Crippen LogP contribution in [0.5, 0.6) is 0 Å². The second-order valence-corrected chi connectivity index (χ2v) is 4.05. The van der Waals surface area contributed by atoms with Crippen molar-refractivity contribution >= 4 is 5.69 Å². The van der Waals surface area contributed by atoms with Crippen LogP contribution in [0.3, 0.4) is 0 Å². The first-order valence-corrected chi connectivity index (χ1v) is 5.61. The van der Waals surface area contributed by atoms with Crippen molar-refractivity contribution < 1.29 is 4.74 Å². The summed E-state index contributed by atoms with van der Waals surface area (Å²) in [5.74, 6) is 0. The summed E-state index contributed by atoms with van der Waals surface area (Å²) in [5.41, 5.74) is 2.62. The van der Waals surface area contributed by atoms with Gasteiger partial charge >= 0.3 is 0 Å². The molecule has 0 radical (unpaired) electrons. The molecule has 0 spiro atoms. The van der Waals surface area contributed by atoms with E-state index in [1.54, 1.807) is 0 Å². The lowest BCUT2D eigenvalue weighted by atomic mass is 10.00. The maximum atomic E-state index is 5.18. The van der Waals surface area contributed by atoms with Gasteiger partial charge in [-0.2, -0.15) is 0 Å². The Morgan fingerprint density at radius 1 is 1.27 bits per heavy atom. The second kappa shape index (κ2) is 5.17. The van der Waals surface area contributed by atoms with Gasteiger partial charge in [0.15, 0.2) is 0 Å². The molecule has 84 valence electrons. The van der Waals surface area contributed by atoms with Gasteiger partial charge in [-0.1, -0.05) is 26.0 Å². The highest BCUT2D eigenvalue weighted by Crippen LogP contribution is 2.22. The maximum Gasteiger partial charge on any atom is 0.0811 e. The first kappa shape index (κ1) is 12.1. The van der Waals surface area contributed by atoms with Crippen LogP contribution in [0.1, 0.15) is 26.3 Å². The Kier molecular flexibility index (Phi) is 4.15. The van der Waals surface area contributed by atoms with Crippen molar-refractivity contribution in [1.82, 2.24) is 0 Å². The van der Waals surface area contributed by atoms with Gasteiger partial charge in [0.1, 0.15) is 0 Å². The van der Waals surface area contributed by atoms with E-state index >= 15 is 0 Å². The van der Waals surface area contributed by atoms with Crippen LogP contribution in [0.15, 0.2) is 24.3 Å². The zero-order valence-corrected chi connectivity index (χ0v) is 10.1. The Labute approximate surface area is 92.6 Å². The Bertz CT molecular complexity index is 305. The molecule has 0 bridgehead atoms. The van der Waals surface area contributed by atoms with Crippen LogP contribution in [-0.4, -0.2) is 18.8 Å². The van der Waals surface area contributed by atoms with Crippen molar-refractivity contribution in [2.45, 2.75) is 33.2 Å². The van der Waals surface area contributed by atoms with E-state index in [-0.39, 0.29) is 5.54 Å². The molecule has 15 heavy (non-hydrogen) atoms. The van der Waals surface area contributed by atoms with E-state index in [1.165, 1.54) is 11.3 Å².